The van der Waals surface area contributed by atoms with Crippen molar-refractivity contribution in [3.63, 3.8) is 0 Å². The second-order valence-corrected chi connectivity index (χ2v) is 4.32. The van der Waals surface area contributed by atoms with Gasteiger partial charge in [-0.15, -0.1) is 0 Å². The summed E-state index contributed by atoms with van der Waals surface area (Å²) in [7, 11) is 0. The molecular weight excluding hydrogens is 178 g/mol. The van der Waals surface area contributed by atoms with E-state index in [9.17, 15) is 0 Å². The summed E-state index contributed by atoms with van der Waals surface area (Å²) in [6.45, 7) is 2.93. The average Bonchev–Trinajstić information content (AvgIpc) is 2.21. The number of benzene rings is 1. The van der Waals surface area contributed by atoms with E-state index in [1.807, 2.05) is 17.8 Å². The highest BCUT2D eigenvalue weighted by Crippen LogP contribution is 2.19. The molecule has 1 nitrogen and oxygen atoms in total. The van der Waals surface area contributed by atoms with Gasteiger partial charge in [0, 0.05) is 11.7 Å². The van der Waals surface area contributed by atoms with Crippen molar-refractivity contribution < 1.29 is 0 Å². The van der Waals surface area contributed by atoms with Crippen molar-refractivity contribution in [2.24, 2.45) is 5.73 Å². The smallest absolute Gasteiger partial charge is 0.00519 e. The summed E-state index contributed by atoms with van der Waals surface area (Å²) in [6.07, 6.45) is 0. The Balaban J connectivity index is 2.56. The number of hydrogen-bond donors (Lipinski definition) is 1. The van der Waals surface area contributed by atoms with Gasteiger partial charge in [0.1, 0.15) is 0 Å². The molecule has 1 aromatic carbocycles. The summed E-state index contributed by atoms with van der Waals surface area (Å²) in [4.78, 5) is 0. The molecule has 0 heterocycles. The zero-order chi connectivity index (χ0) is 9.52. The highest BCUT2D eigenvalue weighted by Gasteiger charge is 2.07. The first-order valence-electron chi connectivity index (χ1n) is 4.71. The van der Waals surface area contributed by atoms with Gasteiger partial charge in [-0.2, -0.15) is 11.8 Å². The van der Waals surface area contributed by atoms with Gasteiger partial charge in [0.25, 0.3) is 0 Å². The largest absolute Gasteiger partial charge is 0.330 e. The predicted molar refractivity (Wildman–Crippen MR) is 61.2 cm³/mol. The standard InChI is InChI=1S/C11H17NS/c1-2-13-9-11(8-12)10-6-4-3-5-7-10/h3-7,11H,2,8-9,12H2,1H3. The molecule has 13 heavy (non-hydrogen) atoms. The van der Waals surface area contributed by atoms with Crippen molar-refractivity contribution in [3.05, 3.63) is 35.9 Å². The third-order valence-corrected chi connectivity index (χ3v) is 3.12. The molecule has 0 saturated heterocycles. The Bertz CT molecular complexity index is 223. The van der Waals surface area contributed by atoms with Gasteiger partial charge in [0.05, 0.1) is 0 Å². The van der Waals surface area contributed by atoms with Crippen LogP contribution in [0.4, 0.5) is 0 Å². The molecule has 2 heteroatoms. The summed E-state index contributed by atoms with van der Waals surface area (Å²) in [6, 6.07) is 10.5. The maximum absolute atomic E-state index is 5.73. The number of hydrogen-bond acceptors (Lipinski definition) is 2. The molecule has 1 unspecified atom stereocenters. The third-order valence-electron chi connectivity index (χ3n) is 2.08. The first kappa shape index (κ1) is 10.6. The van der Waals surface area contributed by atoms with Gasteiger partial charge in [-0.05, 0) is 17.9 Å². The molecule has 0 aliphatic carbocycles. The fourth-order valence-corrected chi connectivity index (χ4v) is 2.13. The van der Waals surface area contributed by atoms with Crippen molar-refractivity contribution in [2.45, 2.75) is 12.8 Å². The highest BCUT2D eigenvalue weighted by atomic mass is 32.2. The lowest BCUT2D eigenvalue weighted by atomic mass is 10.0. The van der Waals surface area contributed by atoms with Gasteiger partial charge >= 0.3 is 0 Å². The molecule has 0 aliphatic rings. The predicted octanol–water partition coefficient (Wildman–Crippen LogP) is 2.48. The summed E-state index contributed by atoms with van der Waals surface area (Å²) in [5, 5.41) is 0. The van der Waals surface area contributed by atoms with E-state index in [4.69, 9.17) is 5.73 Å². The zero-order valence-electron chi connectivity index (χ0n) is 8.07. The van der Waals surface area contributed by atoms with Crippen LogP contribution >= 0.6 is 11.8 Å². The molecule has 0 bridgehead atoms. The van der Waals surface area contributed by atoms with Crippen LogP contribution in [0.2, 0.25) is 0 Å². The van der Waals surface area contributed by atoms with Crippen LogP contribution in [-0.2, 0) is 0 Å². The molecule has 0 radical (unpaired) electrons. The minimum Gasteiger partial charge on any atom is -0.330 e. The Morgan fingerprint density at radius 3 is 2.54 bits per heavy atom. The van der Waals surface area contributed by atoms with Crippen molar-refractivity contribution >= 4 is 11.8 Å². The Morgan fingerprint density at radius 2 is 2.00 bits per heavy atom. The quantitative estimate of drug-likeness (QED) is 0.781. The van der Waals surface area contributed by atoms with Gasteiger partial charge in [-0.1, -0.05) is 37.3 Å². The molecule has 0 fully saturated rings. The van der Waals surface area contributed by atoms with Crippen LogP contribution in [0.1, 0.15) is 18.4 Å². The summed E-state index contributed by atoms with van der Waals surface area (Å²) >= 11 is 1.96. The monoisotopic (exact) mass is 195 g/mol. The second kappa shape index (κ2) is 6.06. The third kappa shape index (κ3) is 3.41. The first-order valence-corrected chi connectivity index (χ1v) is 5.86. The van der Waals surface area contributed by atoms with Crippen LogP contribution < -0.4 is 5.73 Å². The molecule has 0 amide bonds. The summed E-state index contributed by atoms with van der Waals surface area (Å²) in [5.74, 6) is 2.83. The van der Waals surface area contributed by atoms with Gasteiger partial charge in [0.2, 0.25) is 0 Å². The minimum atomic E-state index is 0.520. The van der Waals surface area contributed by atoms with E-state index in [1.54, 1.807) is 0 Å². The maximum atomic E-state index is 5.73. The fourth-order valence-electron chi connectivity index (χ4n) is 1.29. The fraction of sp³-hybridized carbons (Fsp3) is 0.455. The van der Waals surface area contributed by atoms with Gasteiger partial charge in [0.15, 0.2) is 0 Å². The van der Waals surface area contributed by atoms with E-state index < -0.39 is 0 Å². The van der Waals surface area contributed by atoms with Gasteiger partial charge < -0.3 is 5.73 Å². The average molecular weight is 195 g/mol. The Kier molecular flexibility index (Phi) is 4.94. The Labute approximate surface area is 84.7 Å². The van der Waals surface area contributed by atoms with E-state index >= 15 is 0 Å². The molecule has 0 aliphatic heterocycles. The summed E-state index contributed by atoms with van der Waals surface area (Å²) < 4.78 is 0. The number of nitrogens with two attached hydrogens (primary N) is 1. The molecule has 1 rings (SSSR count). The number of thioether (sulfide) groups is 1. The van der Waals surface area contributed by atoms with Crippen LogP contribution in [0.15, 0.2) is 30.3 Å². The van der Waals surface area contributed by atoms with E-state index in [1.165, 1.54) is 11.3 Å². The Morgan fingerprint density at radius 1 is 1.31 bits per heavy atom. The van der Waals surface area contributed by atoms with Crippen molar-refractivity contribution in [1.82, 2.24) is 0 Å². The molecular formula is C11H17NS. The van der Waals surface area contributed by atoms with Crippen LogP contribution in [-0.4, -0.2) is 18.1 Å². The van der Waals surface area contributed by atoms with E-state index in [0.29, 0.717) is 5.92 Å². The van der Waals surface area contributed by atoms with E-state index in [0.717, 1.165) is 12.3 Å². The van der Waals surface area contributed by atoms with Gasteiger partial charge in [-0.3, -0.25) is 0 Å². The van der Waals surface area contributed by atoms with Gasteiger partial charge in [-0.25, -0.2) is 0 Å². The minimum absolute atomic E-state index is 0.520. The maximum Gasteiger partial charge on any atom is 0.00519 e. The molecule has 2 N–H and O–H groups in total. The first-order chi connectivity index (χ1) is 6.38. The Hall–Kier alpha value is -0.470. The molecule has 0 saturated carbocycles. The van der Waals surface area contributed by atoms with Crippen LogP contribution in [0, 0.1) is 0 Å². The molecule has 72 valence electrons. The topological polar surface area (TPSA) is 26.0 Å². The summed E-state index contributed by atoms with van der Waals surface area (Å²) in [5.41, 5.74) is 7.10. The molecule has 1 aromatic rings. The van der Waals surface area contributed by atoms with Crippen LogP contribution in [0.25, 0.3) is 0 Å². The number of rotatable bonds is 5. The van der Waals surface area contributed by atoms with Crippen LogP contribution in [0.5, 0.6) is 0 Å². The lowest BCUT2D eigenvalue weighted by Gasteiger charge is -2.13. The molecule has 1 atom stereocenters. The van der Waals surface area contributed by atoms with Crippen molar-refractivity contribution in [3.8, 4) is 0 Å². The van der Waals surface area contributed by atoms with Crippen molar-refractivity contribution in [2.75, 3.05) is 18.1 Å². The normalized spacial score (nSPS) is 12.8. The molecule has 0 spiro atoms. The van der Waals surface area contributed by atoms with E-state index in [2.05, 4.69) is 31.2 Å². The second-order valence-electron chi connectivity index (χ2n) is 3.00. The highest BCUT2D eigenvalue weighted by molar-refractivity contribution is 7.99. The van der Waals surface area contributed by atoms with Crippen LogP contribution in [0.3, 0.4) is 0 Å². The van der Waals surface area contributed by atoms with E-state index in [-0.39, 0.29) is 0 Å². The van der Waals surface area contributed by atoms with Crippen molar-refractivity contribution in [1.29, 1.82) is 0 Å². The lowest BCUT2D eigenvalue weighted by molar-refractivity contribution is 0.785. The molecule has 0 aromatic heterocycles. The zero-order valence-corrected chi connectivity index (χ0v) is 8.89. The lowest BCUT2D eigenvalue weighted by Crippen LogP contribution is -2.14. The SMILES string of the molecule is CCSCC(CN)c1ccccc1.